The molecule has 0 spiro atoms. The molecule has 2 fully saturated rings. The van der Waals surface area contributed by atoms with Gasteiger partial charge in [0.05, 0.1) is 16.1 Å². The Kier molecular flexibility index (Phi) is 4.72. The van der Waals surface area contributed by atoms with E-state index in [9.17, 15) is 5.26 Å². The van der Waals surface area contributed by atoms with Gasteiger partial charge in [0.15, 0.2) is 11.0 Å². The molecule has 0 radical (unpaired) electrons. The lowest BCUT2D eigenvalue weighted by Gasteiger charge is -2.12. The van der Waals surface area contributed by atoms with Gasteiger partial charge in [0.1, 0.15) is 16.0 Å². The Balaban J connectivity index is 1.63. The number of nitriles is 1. The molecule has 10 heteroatoms. The molecule has 140 valence electrons. The van der Waals surface area contributed by atoms with Gasteiger partial charge < -0.3 is 0 Å². The molecule has 0 amide bonds. The Morgan fingerprint density at radius 3 is 2.63 bits per heavy atom. The summed E-state index contributed by atoms with van der Waals surface area (Å²) in [5.74, 6) is 0.320. The minimum Gasteiger partial charge on any atom is -0.296 e. The number of nitrogens with one attached hydrogen (secondary N) is 3. The van der Waals surface area contributed by atoms with Crippen molar-refractivity contribution >= 4 is 62.5 Å². The van der Waals surface area contributed by atoms with E-state index in [-0.39, 0.29) is 20.8 Å². The second kappa shape index (κ2) is 6.68. The topological polar surface area (TPSA) is 101 Å². The number of thioether (sulfide) groups is 1. The summed E-state index contributed by atoms with van der Waals surface area (Å²) in [6.45, 7) is 2.17. The molecule has 2 aliphatic carbocycles. The predicted molar refractivity (Wildman–Crippen MR) is 111 cm³/mol. The molecule has 0 saturated heterocycles. The third-order valence-corrected chi connectivity index (χ3v) is 7.43. The van der Waals surface area contributed by atoms with E-state index in [1.165, 1.54) is 11.9 Å². The van der Waals surface area contributed by atoms with Crippen LogP contribution in [0.2, 0.25) is 10.2 Å². The zero-order valence-corrected chi connectivity index (χ0v) is 17.5. The number of aromatic nitrogens is 2. The summed E-state index contributed by atoms with van der Waals surface area (Å²) in [4.78, 5) is 5.17. The van der Waals surface area contributed by atoms with Gasteiger partial charge in [-0.15, -0.1) is 0 Å². The van der Waals surface area contributed by atoms with Crippen molar-refractivity contribution in [3.63, 3.8) is 0 Å². The summed E-state index contributed by atoms with van der Waals surface area (Å²) in [6.07, 6.45) is 5.46. The molecule has 6 nitrogen and oxygen atoms in total. The van der Waals surface area contributed by atoms with E-state index in [1.807, 2.05) is 12.3 Å². The van der Waals surface area contributed by atoms with Crippen LogP contribution in [-0.4, -0.2) is 25.0 Å². The molecule has 27 heavy (non-hydrogen) atoms. The molecule has 2 heterocycles. The Labute approximate surface area is 175 Å². The first-order chi connectivity index (χ1) is 12.8. The minimum atomic E-state index is -0.726. The second-order valence-corrected chi connectivity index (χ2v) is 9.85. The van der Waals surface area contributed by atoms with Crippen molar-refractivity contribution in [3.8, 4) is 6.07 Å². The summed E-state index contributed by atoms with van der Waals surface area (Å²) in [7, 11) is 0. The first kappa shape index (κ1) is 19.1. The van der Waals surface area contributed by atoms with Gasteiger partial charge in [-0.05, 0) is 50.6 Å². The van der Waals surface area contributed by atoms with Gasteiger partial charge in [0, 0.05) is 16.6 Å². The van der Waals surface area contributed by atoms with Gasteiger partial charge in [0.2, 0.25) is 0 Å². The standard InChI is InChI=1S/C17H16Cl2N6S2/c1-16(2-3-16)24-27-9-6-10(18)11-12(19)23-14(25(11)7-9)13(21)26-15(22)17(8-20)4-5-17/h6-7,21-22,24H,2-5H2,1H3. The number of pyridine rings is 1. The van der Waals surface area contributed by atoms with Crippen LogP contribution >= 0.6 is 46.9 Å². The van der Waals surface area contributed by atoms with E-state index in [0.717, 1.165) is 29.5 Å². The molecule has 0 unspecified atom stereocenters. The smallest absolute Gasteiger partial charge is 0.171 e. The normalized spacial score (nSPS) is 18.9. The zero-order valence-electron chi connectivity index (χ0n) is 14.4. The third-order valence-electron chi connectivity index (χ3n) is 4.84. The highest BCUT2D eigenvalue weighted by atomic mass is 35.5. The molecule has 2 saturated carbocycles. The fourth-order valence-electron chi connectivity index (χ4n) is 2.55. The lowest BCUT2D eigenvalue weighted by molar-refractivity contribution is 0.701. The van der Waals surface area contributed by atoms with E-state index < -0.39 is 5.41 Å². The van der Waals surface area contributed by atoms with Gasteiger partial charge in [-0.25, -0.2) is 4.98 Å². The third kappa shape index (κ3) is 3.59. The maximum Gasteiger partial charge on any atom is 0.171 e. The highest BCUT2D eigenvalue weighted by Gasteiger charge is 2.48. The van der Waals surface area contributed by atoms with Gasteiger partial charge >= 0.3 is 0 Å². The van der Waals surface area contributed by atoms with Crippen molar-refractivity contribution in [2.75, 3.05) is 0 Å². The van der Waals surface area contributed by atoms with Gasteiger partial charge in [-0.1, -0.05) is 35.0 Å². The van der Waals surface area contributed by atoms with Crippen molar-refractivity contribution in [1.82, 2.24) is 14.1 Å². The number of halogens is 2. The highest BCUT2D eigenvalue weighted by Crippen LogP contribution is 2.49. The average Bonchev–Trinajstić information content (AvgIpc) is 3.53. The lowest BCUT2D eigenvalue weighted by atomic mass is 10.2. The maximum absolute atomic E-state index is 9.25. The van der Waals surface area contributed by atoms with Crippen molar-refractivity contribution in [2.24, 2.45) is 5.41 Å². The molecule has 0 bridgehead atoms. The van der Waals surface area contributed by atoms with Crippen LogP contribution in [0, 0.1) is 27.6 Å². The van der Waals surface area contributed by atoms with Gasteiger partial charge in [0.25, 0.3) is 0 Å². The molecule has 2 aromatic heterocycles. The Bertz CT molecular complexity index is 1020. The van der Waals surface area contributed by atoms with Crippen LogP contribution in [0.5, 0.6) is 0 Å². The first-order valence-electron chi connectivity index (χ1n) is 8.35. The van der Waals surface area contributed by atoms with Crippen LogP contribution in [0.15, 0.2) is 17.2 Å². The fraction of sp³-hybridized carbons (Fsp3) is 0.412. The van der Waals surface area contributed by atoms with Crippen molar-refractivity contribution in [3.05, 3.63) is 28.3 Å². The second-order valence-electron chi connectivity index (χ2n) is 7.19. The van der Waals surface area contributed by atoms with Crippen LogP contribution < -0.4 is 4.72 Å². The van der Waals surface area contributed by atoms with E-state index in [2.05, 4.69) is 22.7 Å². The van der Waals surface area contributed by atoms with E-state index in [1.54, 1.807) is 4.40 Å². The number of fused-ring (bicyclic) bond motifs is 1. The molecular weight excluding hydrogens is 423 g/mol. The molecular formula is C17H16Cl2N6S2. The number of imidazole rings is 1. The Hall–Kier alpha value is -1.24. The largest absolute Gasteiger partial charge is 0.296 e. The predicted octanol–water partition coefficient (Wildman–Crippen LogP) is 5.13. The SMILES string of the molecule is CC1(NSc2cc(Cl)c3c(Cl)nc(C(=N)SC(=N)C4(C#N)CC4)n3c2)CC1. The van der Waals surface area contributed by atoms with Crippen LogP contribution in [-0.2, 0) is 0 Å². The maximum atomic E-state index is 9.25. The quantitative estimate of drug-likeness (QED) is 0.341. The van der Waals surface area contributed by atoms with Gasteiger partial charge in [-0.2, -0.15) is 5.26 Å². The van der Waals surface area contributed by atoms with E-state index >= 15 is 0 Å². The zero-order chi connectivity index (χ0) is 19.4. The monoisotopic (exact) mass is 438 g/mol. The summed E-state index contributed by atoms with van der Waals surface area (Å²) in [6, 6.07) is 4.00. The van der Waals surface area contributed by atoms with Crippen LogP contribution in [0.1, 0.15) is 38.4 Å². The summed E-state index contributed by atoms with van der Waals surface area (Å²) in [5, 5.41) is 26.7. The number of nitrogens with zero attached hydrogens (tertiary/aromatic N) is 3. The molecule has 4 rings (SSSR count). The van der Waals surface area contributed by atoms with E-state index in [0.29, 0.717) is 29.2 Å². The summed E-state index contributed by atoms with van der Waals surface area (Å²) in [5.41, 5.74) is -0.0286. The number of hydrogen-bond donors (Lipinski definition) is 3. The van der Waals surface area contributed by atoms with Crippen LogP contribution in [0.4, 0.5) is 0 Å². The van der Waals surface area contributed by atoms with Crippen molar-refractivity contribution < 1.29 is 0 Å². The molecule has 3 N–H and O–H groups in total. The number of rotatable bonds is 5. The Morgan fingerprint density at radius 2 is 2.04 bits per heavy atom. The molecule has 0 aromatic carbocycles. The van der Waals surface area contributed by atoms with Gasteiger partial charge in [-0.3, -0.25) is 19.9 Å². The minimum absolute atomic E-state index is 0.0729. The number of hydrogen-bond acceptors (Lipinski definition) is 7. The summed E-state index contributed by atoms with van der Waals surface area (Å²) >= 11 is 15.1. The average molecular weight is 439 g/mol. The lowest BCUT2D eigenvalue weighted by Crippen LogP contribution is -2.20. The van der Waals surface area contributed by atoms with Crippen molar-refractivity contribution in [2.45, 2.75) is 43.0 Å². The van der Waals surface area contributed by atoms with Crippen molar-refractivity contribution in [1.29, 1.82) is 16.1 Å². The first-order valence-corrected chi connectivity index (χ1v) is 10.7. The molecule has 0 aliphatic heterocycles. The summed E-state index contributed by atoms with van der Waals surface area (Å²) < 4.78 is 5.12. The fourth-order valence-corrected chi connectivity index (χ4v) is 5.02. The highest BCUT2D eigenvalue weighted by molar-refractivity contribution is 8.26. The van der Waals surface area contributed by atoms with Crippen LogP contribution in [0.25, 0.3) is 5.52 Å². The molecule has 2 aliphatic rings. The molecule has 0 atom stereocenters. The van der Waals surface area contributed by atoms with Crippen LogP contribution in [0.3, 0.4) is 0 Å². The Morgan fingerprint density at radius 1 is 1.33 bits per heavy atom. The van der Waals surface area contributed by atoms with E-state index in [4.69, 9.17) is 34.0 Å². The molecule has 2 aromatic rings.